The molecule has 1 aromatic rings. The SMILES string of the molecule is CC(C)(C)OC(=O)N1CCCC1c1ccc(C2CC2)cc1. The highest BCUT2D eigenvalue weighted by Gasteiger charge is 2.33. The molecular weight excluding hydrogens is 262 g/mol. The van der Waals surface area contributed by atoms with Crippen molar-refractivity contribution >= 4 is 6.09 Å². The van der Waals surface area contributed by atoms with E-state index in [1.165, 1.54) is 24.0 Å². The first kappa shape index (κ1) is 14.4. The number of benzene rings is 1. The van der Waals surface area contributed by atoms with E-state index in [1.807, 2.05) is 25.7 Å². The van der Waals surface area contributed by atoms with E-state index in [9.17, 15) is 4.79 Å². The number of hydrogen-bond acceptors (Lipinski definition) is 2. The van der Waals surface area contributed by atoms with E-state index in [1.54, 1.807) is 0 Å². The van der Waals surface area contributed by atoms with Crippen LogP contribution in [-0.4, -0.2) is 23.1 Å². The summed E-state index contributed by atoms with van der Waals surface area (Å²) < 4.78 is 5.53. The summed E-state index contributed by atoms with van der Waals surface area (Å²) in [6, 6.07) is 9.03. The maximum Gasteiger partial charge on any atom is 0.410 e. The van der Waals surface area contributed by atoms with Crippen molar-refractivity contribution in [3.05, 3.63) is 35.4 Å². The highest BCUT2D eigenvalue weighted by atomic mass is 16.6. The Hall–Kier alpha value is -1.51. The molecule has 0 bridgehead atoms. The van der Waals surface area contributed by atoms with Crippen LogP contribution in [0.5, 0.6) is 0 Å². The molecule has 1 unspecified atom stereocenters. The van der Waals surface area contributed by atoms with Crippen LogP contribution in [0.2, 0.25) is 0 Å². The van der Waals surface area contributed by atoms with E-state index < -0.39 is 5.60 Å². The summed E-state index contributed by atoms with van der Waals surface area (Å²) in [5, 5.41) is 0. The predicted molar refractivity (Wildman–Crippen MR) is 83.3 cm³/mol. The molecule has 0 spiro atoms. The van der Waals surface area contributed by atoms with E-state index in [2.05, 4.69) is 24.3 Å². The second-order valence-corrected chi connectivity index (χ2v) is 7.27. The molecule has 114 valence electrons. The molecule has 1 aliphatic carbocycles. The van der Waals surface area contributed by atoms with Gasteiger partial charge in [0.05, 0.1) is 6.04 Å². The molecule has 0 radical (unpaired) electrons. The minimum absolute atomic E-state index is 0.174. The standard InChI is InChI=1S/C18H25NO2/c1-18(2,3)21-17(20)19-12-4-5-16(19)15-10-8-14(9-11-15)13-6-7-13/h8-11,13,16H,4-7,12H2,1-3H3. The third kappa shape index (κ3) is 3.39. The Balaban J connectivity index is 1.72. The zero-order valence-corrected chi connectivity index (χ0v) is 13.3. The van der Waals surface area contributed by atoms with Crippen LogP contribution in [0.15, 0.2) is 24.3 Å². The van der Waals surface area contributed by atoms with Crippen LogP contribution in [0.3, 0.4) is 0 Å². The Morgan fingerprint density at radius 2 is 1.71 bits per heavy atom. The molecular formula is C18H25NO2. The van der Waals surface area contributed by atoms with E-state index in [-0.39, 0.29) is 12.1 Å². The number of carbonyl (C=O) groups is 1. The van der Waals surface area contributed by atoms with Gasteiger partial charge in [-0.1, -0.05) is 24.3 Å². The fourth-order valence-electron chi connectivity index (χ4n) is 3.06. The van der Waals surface area contributed by atoms with Gasteiger partial charge in [-0.2, -0.15) is 0 Å². The van der Waals surface area contributed by atoms with Gasteiger partial charge in [0.15, 0.2) is 0 Å². The lowest BCUT2D eigenvalue weighted by Gasteiger charge is -2.29. The fraction of sp³-hybridized carbons (Fsp3) is 0.611. The van der Waals surface area contributed by atoms with Gasteiger partial charge in [-0.05, 0) is 63.5 Å². The molecule has 3 heteroatoms. The van der Waals surface area contributed by atoms with Crippen molar-refractivity contribution in [1.29, 1.82) is 0 Å². The Labute approximate surface area is 127 Å². The van der Waals surface area contributed by atoms with Gasteiger partial charge in [-0.15, -0.1) is 0 Å². The average Bonchev–Trinajstić information content (AvgIpc) is 3.14. The van der Waals surface area contributed by atoms with Crippen LogP contribution in [0.4, 0.5) is 4.79 Å². The maximum absolute atomic E-state index is 12.3. The van der Waals surface area contributed by atoms with Gasteiger partial charge < -0.3 is 9.64 Å². The minimum Gasteiger partial charge on any atom is -0.444 e. The van der Waals surface area contributed by atoms with Crippen molar-refractivity contribution in [2.24, 2.45) is 0 Å². The normalized spacial score (nSPS) is 22.4. The predicted octanol–water partition coefficient (Wildman–Crippen LogP) is 4.64. The third-order valence-electron chi connectivity index (χ3n) is 4.25. The molecule has 0 N–H and O–H groups in total. The van der Waals surface area contributed by atoms with Crippen molar-refractivity contribution < 1.29 is 9.53 Å². The lowest BCUT2D eigenvalue weighted by Crippen LogP contribution is -2.36. The van der Waals surface area contributed by atoms with Crippen molar-refractivity contribution in [3.63, 3.8) is 0 Å². The molecule has 0 aromatic heterocycles. The van der Waals surface area contributed by atoms with Crippen molar-refractivity contribution in [3.8, 4) is 0 Å². The molecule has 1 heterocycles. The zero-order valence-electron chi connectivity index (χ0n) is 13.3. The van der Waals surface area contributed by atoms with Crippen LogP contribution < -0.4 is 0 Å². The van der Waals surface area contributed by atoms with E-state index in [4.69, 9.17) is 4.74 Å². The Kier molecular flexibility index (Phi) is 3.68. The number of ether oxygens (including phenoxy) is 1. The monoisotopic (exact) mass is 287 g/mol. The number of nitrogens with zero attached hydrogens (tertiary/aromatic N) is 1. The maximum atomic E-state index is 12.3. The van der Waals surface area contributed by atoms with Crippen LogP contribution >= 0.6 is 0 Å². The van der Waals surface area contributed by atoms with Crippen LogP contribution in [0.1, 0.15) is 69.5 Å². The van der Waals surface area contributed by atoms with Gasteiger partial charge >= 0.3 is 6.09 Å². The van der Waals surface area contributed by atoms with E-state index in [0.29, 0.717) is 0 Å². The summed E-state index contributed by atoms with van der Waals surface area (Å²) in [6.45, 7) is 6.55. The van der Waals surface area contributed by atoms with Gasteiger partial charge in [0.1, 0.15) is 5.60 Å². The number of amides is 1. The second-order valence-electron chi connectivity index (χ2n) is 7.27. The first-order valence-corrected chi connectivity index (χ1v) is 8.03. The summed E-state index contributed by atoms with van der Waals surface area (Å²) in [5.41, 5.74) is 2.25. The van der Waals surface area contributed by atoms with Crippen LogP contribution in [0.25, 0.3) is 0 Å². The molecule has 2 aliphatic rings. The largest absolute Gasteiger partial charge is 0.444 e. The van der Waals surface area contributed by atoms with Gasteiger partial charge in [0.2, 0.25) is 0 Å². The van der Waals surface area contributed by atoms with Crippen molar-refractivity contribution in [2.75, 3.05) is 6.54 Å². The van der Waals surface area contributed by atoms with Gasteiger partial charge in [-0.3, -0.25) is 0 Å². The minimum atomic E-state index is -0.431. The topological polar surface area (TPSA) is 29.5 Å². The summed E-state index contributed by atoms with van der Waals surface area (Å²) in [4.78, 5) is 14.2. The second kappa shape index (κ2) is 5.36. The highest BCUT2D eigenvalue weighted by Crippen LogP contribution is 2.41. The Bertz CT molecular complexity index is 511. The average molecular weight is 287 g/mol. The molecule has 3 rings (SSSR count). The molecule has 1 saturated carbocycles. The molecule has 21 heavy (non-hydrogen) atoms. The number of carbonyl (C=O) groups excluding carboxylic acids is 1. The van der Waals surface area contributed by atoms with Gasteiger partial charge in [0.25, 0.3) is 0 Å². The molecule has 1 amide bonds. The summed E-state index contributed by atoms with van der Waals surface area (Å²) in [5.74, 6) is 0.782. The first-order chi connectivity index (χ1) is 9.94. The molecule has 1 atom stereocenters. The van der Waals surface area contributed by atoms with Crippen LogP contribution in [-0.2, 0) is 4.74 Å². The smallest absolute Gasteiger partial charge is 0.410 e. The lowest BCUT2D eigenvalue weighted by molar-refractivity contribution is 0.0224. The first-order valence-electron chi connectivity index (χ1n) is 8.03. The number of hydrogen-bond donors (Lipinski definition) is 0. The number of likely N-dealkylation sites (tertiary alicyclic amines) is 1. The van der Waals surface area contributed by atoms with Crippen LogP contribution in [0, 0.1) is 0 Å². The molecule has 1 aliphatic heterocycles. The summed E-state index contributed by atoms with van der Waals surface area (Å²) in [7, 11) is 0. The zero-order chi connectivity index (χ0) is 15.0. The fourth-order valence-corrected chi connectivity index (χ4v) is 3.06. The number of rotatable bonds is 2. The van der Waals surface area contributed by atoms with Crippen molar-refractivity contribution in [2.45, 2.75) is 64.0 Å². The molecule has 2 fully saturated rings. The Morgan fingerprint density at radius 3 is 2.29 bits per heavy atom. The Morgan fingerprint density at radius 1 is 1.10 bits per heavy atom. The summed E-state index contributed by atoms with van der Waals surface area (Å²) in [6.07, 6.45) is 4.55. The van der Waals surface area contributed by atoms with Crippen molar-refractivity contribution in [1.82, 2.24) is 4.90 Å². The molecule has 1 aromatic carbocycles. The molecule has 1 saturated heterocycles. The van der Waals surface area contributed by atoms with Gasteiger partial charge in [0, 0.05) is 6.54 Å². The van der Waals surface area contributed by atoms with Gasteiger partial charge in [-0.25, -0.2) is 4.79 Å². The highest BCUT2D eigenvalue weighted by molar-refractivity contribution is 5.69. The van der Waals surface area contributed by atoms with E-state index in [0.717, 1.165) is 25.3 Å². The lowest BCUT2D eigenvalue weighted by atomic mass is 10.0. The third-order valence-corrected chi connectivity index (χ3v) is 4.25. The quantitative estimate of drug-likeness (QED) is 0.793. The summed E-state index contributed by atoms with van der Waals surface area (Å²) >= 11 is 0. The van der Waals surface area contributed by atoms with E-state index >= 15 is 0 Å². The molecule has 3 nitrogen and oxygen atoms in total.